The average Bonchev–Trinajstić information content (AvgIpc) is 2.46. The molecule has 6 heteroatoms. The van der Waals surface area contributed by atoms with Gasteiger partial charge in [-0.2, -0.15) is 8.42 Å². The van der Waals surface area contributed by atoms with E-state index in [1.165, 1.54) is 0 Å². The number of hydrogen-bond donors (Lipinski definition) is 0. The predicted octanol–water partition coefficient (Wildman–Crippen LogP) is 2.89. The first-order chi connectivity index (χ1) is 10.5. The van der Waals surface area contributed by atoms with Crippen LogP contribution in [0.25, 0.3) is 10.8 Å². The highest BCUT2D eigenvalue weighted by atomic mass is 32.2. The van der Waals surface area contributed by atoms with Crippen LogP contribution in [0.15, 0.2) is 42.5 Å². The van der Waals surface area contributed by atoms with Crippen LogP contribution in [0.5, 0.6) is 5.75 Å². The van der Waals surface area contributed by atoms with Crippen LogP contribution >= 0.6 is 0 Å². The molecule has 0 saturated carbocycles. The van der Waals surface area contributed by atoms with Gasteiger partial charge in [-0.05, 0) is 36.2 Å². The number of fused-ring (bicyclic) bond motifs is 1. The number of rotatable bonds is 7. The van der Waals surface area contributed by atoms with Crippen molar-refractivity contribution in [3.63, 3.8) is 0 Å². The molecule has 0 fully saturated rings. The highest BCUT2D eigenvalue weighted by Crippen LogP contribution is 2.22. The third-order valence-corrected chi connectivity index (χ3v) is 4.26. The van der Waals surface area contributed by atoms with Gasteiger partial charge in [0.15, 0.2) is 0 Å². The van der Waals surface area contributed by atoms with Gasteiger partial charge in [0.1, 0.15) is 5.75 Å². The lowest BCUT2D eigenvalue weighted by atomic mass is 10.1. The van der Waals surface area contributed by atoms with Crippen molar-refractivity contribution in [2.45, 2.75) is 19.8 Å². The molecule has 0 radical (unpaired) electrons. The molecule has 0 amide bonds. The first kappa shape index (κ1) is 16.3. The van der Waals surface area contributed by atoms with Crippen LogP contribution in [0.2, 0.25) is 0 Å². The summed E-state index contributed by atoms with van der Waals surface area (Å²) >= 11 is 0. The summed E-state index contributed by atoms with van der Waals surface area (Å²) in [5.41, 5.74) is 0. The molecule has 2 aromatic rings. The number of hydrogen-bond acceptors (Lipinski definition) is 5. The molecule has 0 bridgehead atoms. The van der Waals surface area contributed by atoms with Crippen LogP contribution in [0.3, 0.4) is 0 Å². The van der Waals surface area contributed by atoms with Crippen LogP contribution in [0.4, 0.5) is 0 Å². The minimum atomic E-state index is -3.72. The molecule has 0 N–H and O–H groups in total. The zero-order valence-electron chi connectivity index (χ0n) is 12.3. The molecule has 5 nitrogen and oxygen atoms in total. The lowest BCUT2D eigenvalue weighted by Gasteiger charge is -2.08. The molecular weight excluding hydrogens is 304 g/mol. The Morgan fingerprint density at radius 2 is 1.82 bits per heavy atom. The maximum atomic E-state index is 11.9. The average molecular weight is 322 g/mol. The summed E-state index contributed by atoms with van der Waals surface area (Å²) < 4.78 is 33.6. The van der Waals surface area contributed by atoms with Crippen molar-refractivity contribution in [1.29, 1.82) is 0 Å². The highest BCUT2D eigenvalue weighted by Gasteiger charge is 2.14. The molecule has 2 rings (SSSR count). The fourth-order valence-electron chi connectivity index (χ4n) is 2.03. The molecule has 0 aromatic heterocycles. The Hall–Kier alpha value is -2.08. The summed E-state index contributed by atoms with van der Waals surface area (Å²) in [6, 6.07) is 12.7. The van der Waals surface area contributed by atoms with Gasteiger partial charge in [0.2, 0.25) is 0 Å². The van der Waals surface area contributed by atoms with Gasteiger partial charge >= 0.3 is 16.1 Å². The quantitative estimate of drug-likeness (QED) is 0.579. The third-order valence-electron chi connectivity index (χ3n) is 3.02. The van der Waals surface area contributed by atoms with Crippen molar-refractivity contribution < 1.29 is 22.1 Å². The summed E-state index contributed by atoms with van der Waals surface area (Å²) in [7, 11) is -3.72. The summed E-state index contributed by atoms with van der Waals surface area (Å²) in [5, 5.41) is 1.91. The minimum absolute atomic E-state index is 0.0636. The number of esters is 1. The van der Waals surface area contributed by atoms with Crippen LogP contribution in [0.1, 0.15) is 19.8 Å². The maximum Gasteiger partial charge on any atom is 0.309 e. The predicted molar refractivity (Wildman–Crippen MR) is 84.2 cm³/mol. The van der Waals surface area contributed by atoms with Gasteiger partial charge in [-0.25, -0.2) is 0 Å². The molecule has 0 spiro atoms. The second-order valence-electron chi connectivity index (χ2n) is 4.76. The molecular formula is C16H18O5S. The van der Waals surface area contributed by atoms with Crippen molar-refractivity contribution in [3.8, 4) is 5.75 Å². The van der Waals surface area contributed by atoms with Crippen LogP contribution < -0.4 is 4.18 Å². The second kappa shape index (κ2) is 7.26. The third kappa shape index (κ3) is 4.73. The lowest BCUT2D eigenvalue weighted by Crippen LogP contribution is -2.15. The molecule has 22 heavy (non-hydrogen) atoms. The van der Waals surface area contributed by atoms with E-state index in [0.717, 1.165) is 10.8 Å². The van der Waals surface area contributed by atoms with E-state index in [9.17, 15) is 13.2 Å². The van der Waals surface area contributed by atoms with Crippen LogP contribution in [-0.4, -0.2) is 26.7 Å². The van der Waals surface area contributed by atoms with Crippen molar-refractivity contribution in [2.75, 3.05) is 12.4 Å². The number of carbonyl (C=O) groups excluding carboxylic acids is 1. The molecule has 0 aliphatic heterocycles. The Bertz CT molecular complexity index is 752. The van der Waals surface area contributed by atoms with Crippen molar-refractivity contribution in [3.05, 3.63) is 42.5 Å². The van der Waals surface area contributed by atoms with E-state index in [2.05, 4.69) is 0 Å². The standard InChI is InChI=1S/C16H18O5S/c1-2-20-16(17)8-5-11-22(18,19)21-15-10-9-13-6-3-4-7-14(13)12-15/h3-4,6-7,9-10,12H,2,5,8,11H2,1H3. The normalized spacial score (nSPS) is 11.3. The molecule has 0 aliphatic rings. The van der Waals surface area contributed by atoms with Crippen LogP contribution in [0, 0.1) is 0 Å². The molecule has 118 valence electrons. The largest absolute Gasteiger partial charge is 0.466 e. The molecule has 0 atom stereocenters. The van der Waals surface area contributed by atoms with Crippen LogP contribution in [-0.2, 0) is 19.6 Å². The topological polar surface area (TPSA) is 69.7 Å². The van der Waals surface area contributed by atoms with Crippen molar-refractivity contribution >= 4 is 26.9 Å². The first-order valence-electron chi connectivity index (χ1n) is 7.07. The zero-order valence-corrected chi connectivity index (χ0v) is 13.1. The van der Waals surface area contributed by atoms with Gasteiger partial charge in [0.05, 0.1) is 12.4 Å². The summed E-state index contributed by atoms with van der Waals surface area (Å²) in [4.78, 5) is 11.2. The highest BCUT2D eigenvalue weighted by molar-refractivity contribution is 7.87. The van der Waals surface area contributed by atoms with Gasteiger partial charge < -0.3 is 8.92 Å². The number of ether oxygens (including phenoxy) is 1. The van der Waals surface area contributed by atoms with Crippen molar-refractivity contribution in [1.82, 2.24) is 0 Å². The first-order valence-corrected chi connectivity index (χ1v) is 8.64. The van der Waals surface area contributed by atoms with Gasteiger partial charge in [0, 0.05) is 6.42 Å². The SMILES string of the molecule is CCOC(=O)CCCS(=O)(=O)Oc1ccc2ccccc2c1. The number of carbonyl (C=O) groups is 1. The van der Waals surface area contributed by atoms with E-state index in [1.54, 1.807) is 25.1 Å². The van der Waals surface area contributed by atoms with E-state index in [-0.39, 0.29) is 24.3 Å². The number of benzene rings is 2. The maximum absolute atomic E-state index is 11.9. The lowest BCUT2D eigenvalue weighted by molar-refractivity contribution is -0.143. The molecule has 0 unspecified atom stereocenters. The van der Waals surface area contributed by atoms with E-state index < -0.39 is 16.1 Å². The van der Waals surface area contributed by atoms with E-state index in [0.29, 0.717) is 6.61 Å². The second-order valence-corrected chi connectivity index (χ2v) is 6.45. The Balaban J connectivity index is 1.96. The fraction of sp³-hybridized carbons (Fsp3) is 0.312. The molecule has 0 aliphatic carbocycles. The smallest absolute Gasteiger partial charge is 0.309 e. The monoisotopic (exact) mass is 322 g/mol. The van der Waals surface area contributed by atoms with E-state index in [1.807, 2.05) is 24.3 Å². The zero-order chi connectivity index (χ0) is 16.0. The summed E-state index contributed by atoms with van der Waals surface area (Å²) in [5.74, 6) is -0.350. The Morgan fingerprint density at radius 1 is 1.09 bits per heavy atom. The molecule has 2 aromatic carbocycles. The van der Waals surface area contributed by atoms with Gasteiger partial charge in [-0.3, -0.25) is 4.79 Å². The Labute approximate surface area is 130 Å². The van der Waals surface area contributed by atoms with Gasteiger partial charge in [-0.1, -0.05) is 30.3 Å². The summed E-state index contributed by atoms with van der Waals surface area (Å²) in [6.45, 7) is 2.00. The van der Waals surface area contributed by atoms with Gasteiger partial charge in [0.25, 0.3) is 0 Å². The van der Waals surface area contributed by atoms with Crippen molar-refractivity contribution in [2.24, 2.45) is 0 Å². The molecule has 0 heterocycles. The van der Waals surface area contributed by atoms with Gasteiger partial charge in [-0.15, -0.1) is 0 Å². The van der Waals surface area contributed by atoms with E-state index in [4.69, 9.17) is 8.92 Å². The summed E-state index contributed by atoms with van der Waals surface area (Å²) in [6.07, 6.45) is 0.239. The Morgan fingerprint density at radius 3 is 2.55 bits per heavy atom. The Kier molecular flexibility index (Phi) is 5.38. The van der Waals surface area contributed by atoms with E-state index >= 15 is 0 Å². The fourth-order valence-corrected chi connectivity index (χ4v) is 3.01. The minimum Gasteiger partial charge on any atom is -0.466 e. The molecule has 0 saturated heterocycles.